The summed E-state index contributed by atoms with van der Waals surface area (Å²) in [5.74, 6) is -0.487. The Kier molecular flexibility index (Phi) is 10.5. The number of aliphatic carboxylic acids is 1. The highest BCUT2D eigenvalue weighted by molar-refractivity contribution is 5.66. The average Bonchev–Trinajstić information content (AvgIpc) is 2.87. The number of hydrogen-bond acceptors (Lipinski definition) is 3. The van der Waals surface area contributed by atoms with Crippen molar-refractivity contribution < 1.29 is 20.1 Å². The zero-order chi connectivity index (χ0) is 19.6. The van der Waals surface area contributed by atoms with Crippen molar-refractivity contribution in [2.45, 2.75) is 110 Å². The molecule has 0 heterocycles. The van der Waals surface area contributed by atoms with Gasteiger partial charge < -0.3 is 15.3 Å². The Labute approximate surface area is 159 Å². The number of aliphatic hydroxyl groups excluding tert-OH is 2. The fourth-order valence-electron chi connectivity index (χ4n) is 3.85. The van der Waals surface area contributed by atoms with Crippen molar-refractivity contribution in [1.29, 1.82) is 0 Å². The van der Waals surface area contributed by atoms with E-state index in [1.807, 2.05) is 0 Å². The molecule has 3 atom stereocenters. The van der Waals surface area contributed by atoms with E-state index >= 15 is 0 Å². The number of carboxylic acid groups (broad SMARTS) is 1. The lowest BCUT2D eigenvalue weighted by molar-refractivity contribution is -0.137. The molecule has 1 unspecified atom stereocenters. The molecule has 0 aromatic heterocycles. The van der Waals surface area contributed by atoms with E-state index in [1.54, 1.807) is 0 Å². The van der Waals surface area contributed by atoms with Crippen molar-refractivity contribution in [2.75, 3.05) is 0 Å². The van der Waals surface area contributed by atoms with E-state index in [2.05, 4.69) is 26.8 Å². The fraction of sp³-hybridized carbons (Fsp3) is 0.864. The van der Waals surface area contributed by atoms with Crippen molar-refractivity contribution in [3.05, 3.63) is 11.6 Å². The SMILES string of the molecule is CC(C)(C)CCCC(O)CC=C1CC[C@@H](O)[C@@H]1CCCCCCC(=O)O. The largest absolute Gasteiger partial charge is 0.481 e. The summed E-state index contributed by atoms with van der Waals surface area (Å²) in [5, 5.41) is 29.1. The third-order valence-electron chi connectivity index (χ3n) is 5.44. The summed E-state index contributed by atoms with van der Waals surface area (Å²) in [5.41, 5.74) is 1.64. The molecule has 1 aliphatic rings. The van der Waals surface area contributed by atoms with Crippen LogP contribution in [0.2, 0.25) is 0 Å². The van der Waals surface area contributed by atoms with Crippen LogP contribution in [-0.4, -0.2) is 33.5 Å². The highest BCUT2D eigenvalue weighted by Crippen LogP contribution is 2.36. The highest BCUT2D eigenvalue weighted by atomic mass is 16.4. The second kappa shape index (κ2) is 11.8. The molecule has 0 amide bonds. The summed E-state index contributed by atoms with van der Waals surface area (Å²) in [6.45, 7) is 6.69. The number of rotatable bonds is 12. The summed E-state index contributed by atoms with van der Waals surface area (Å²) in [4.78, 5) is 10.5. The average molecular weight is 369 g/mol. The lowest BCUT2D eigenvalue weighted by Gasteiger charge is -2.19. The number of carboxylic acids is 1. The van der Waals surface area contributed by atoms with E-state index in [9.17, 15) is 15.0 Å². The molecule has 1 saturated carbocycles. The molecule has 0 saturated heterocycles. The van der Waals surface area contributed by atoms with Crippen molar-refractivity contribution in [3.8, 4) is 0 Å². The van der Waals surface area contributed by atoms with Crippen molar-refractivity contribution in [2.24, 2.45) is 11.3 Å². The maximum absolute atomic E-state index is 10.5. The van der Waals surface area contributed by atoms with E-state index in [0.29, 0.717) is 11.8 Å². The summed E-state index contributed by atoms with van der Waals surface area (Å²) < 4.78 is 0. The van der Waals surface area contributed by atoms with E-state index in [4.69, 9.17) is 5.11 Å². The van der Waals surface area contributed by atoms with Crippen LogP contribution in [0.1, 0.15) is 97.8 Å². The Hall–Kier alpha value is -0.870. The summed E-state index contributed by atoms with van der Waals surface area (Å²) in [6, 6.07) is 0. The molecule has 0 spiro atoms. The zero-order valence-electron chi connectivity index (χ0n) is 17.0. The normalized spacial score (nSPS) is 23.5. The van der Waals surface area contributed by atoms with Gasteiger partial charge in [0.25, 0.3) is 0 Å². The minimum Gasteiger partial charge on any atom is -0.481 e. The van der Waals surface area contributed by atoms with Gasteiger partial charge in [0.2, 0.25) is 0 Å². The minimum absolute atomic E-state index is 0.233. The molecule has 1 fully saturated rings. The lowest BCUT2D eigenvalue weighted by atomic mass is 9.88. The molecule has 26 heavy (non-hydrogen) atoms. The first kappa shape index (κ1) is 23.2. The van der Waals surface area contributed by atoms with Gasteiger partial charge in [-0.1, -0.05) is 58.1 Å². The zero-order valence-corrected chi connectivity index (χ0v) is 17.0. The first-order chi connectivity index (χ1) is 12.2. The maximum Gasteiger partial charge on any atom is 0.303 e. The molecular weight excluding hydrogens is 328 g/mol. The molecule has 0 aliphatic heterocycles. The van der Waals surface area contributed by atoms with Crippen molar-refractivity contribution in [3.63, 3.8) is 0 Å². The third-order valence-corrected chi connectivity index (χ3v) is 5.44. The van der Waals surface area contributed by atoms with E-state index in [-0.39, 0.29) is 24.5 Å². The first-order valence-electron chi connectivity index (χ1n) is 10.5. The monoisotopic (exact) mass is 368 g/mol. The Balaban J connectivity index is 2.30. The Morgan fingerprint density at radius 1 is 1.19 bits per heavy atom. The number of unbranched alkanes of at least 4 members (excludes halogenated alkanes) is 3. The standard InChI is InChI=1S/C22H40O4/c1-22(2,3)16-8-9-18(23)14-12-17-13-15-20(24)19(17)10-6-4-5-7-11-21(25)26/h12,18-20,23-24H,4-11,13-16H2,1-3H3,(H,25,26)/t18?,19-,20-/m1/s1. The van der Waals surface area contributed by atoms with Gasteiger partial charge in [-0.25, -0.2) is 0 Å². The molecule has 1 aliphatic carbocycles. The van der Waals surface area contributed by atoms with Crippen LogP contribution in [0.15, 0.2) is 11.6 Å². The van der Waals surface area contributed by atoms with Crippen LogP contribution in [0.3, 0.4) is 0 Å². The second-order valence-corrected chi connectivity index (χ2v) is 9.18. The van der Waals surface area contributed by atoms with E-state index in [0.717, 1.165) is 64.2 Å². The molecule has 0 aromatic rings. The van der Waals surface area contributed by atoms with Crippen LogP contribution in [0.5, 0.6) is 0 Å². The van der Waals surface area contributed by atoms with Gasteiger partial charge in [-0.15, -0.1) is 0 Å². The quantitative estimate of drug-likeness (QED) is 0.332. The molecule has 3 N–H and O–H groups in total. The van der Waals surface area contributed by atoms with E-state index < -0.39 is 5.97 Å². The predicted molar refractivity (Wildman–Crippen MR) is 106 cm³/mol. The van der Waals surface area contributed by atoms with Gasteiger partial charge in [0.15, 0.2) is 0 Å². The molecular formula is C22H40O4. The molecule has 152 valence electrons. The molecule has 1 rings (SSSR count). The van der Waals surface area contributed by atoms with Gasteiger partial charge in [0, 0.05) is 12.3 Å². The number of hydrogen-bond donors (Lipinski definition) is 3. The van der Waals surface area contributed by atoms with Crippen LogP contribution in [0.4, 0.5) is 0 Å². The van der Waals surface area contributed by atoms with Gasteiger partial charge in [0.1, 0.15) is 0 Å². The topological polar surface area (TPSA) is 77.8 Å². The summed E-state index contributed by atoms with van der Waals surface area (Å²) in [6.07, 6.45) is 12.1. The predicted octanol–water partition coefficient (Wildman–Crippen LogP) is 5.08. The highest BCUT2D eigenvalue weighted by Gasteiger charge is 2.29. The molecule has 0 aromatic carbocycles. The van der Waals surface area contributed by atoms with Crippen molar-refractivity contribution in [1.82, 2.24) is 0 Å². The van der Waals surface area contributed by atoms with Gasteiger partial charge in [-0.2, -0.15) is 0 Å². The van der Waals surface area contributed by atoms with Gasteiger partial charge in [-0.05, 0) is 50.4 Å². The Bertz CT molecular complexity index is 436. The molecule has 0 radical (unpaired) electrons. The summed E-state index contributed by atoms with van der Waals surface area (Å²) >= 11 is 0. The Morgan fingerprint density at radius 3 is 2.54 bits per heavy atom. The Morgan fingerprint density at radius 2 is 1.88 bits per heavy atom. The fourth-order valence-corrected chi connectivity index (χ4v) is 3.85. The summed E-state index contributed by atoms with van der Waals surface area (Å²) in [7, 11) is 0. The number of carbonyl (C=O) groups is 1. The molecule has 0 bridgehead atoms. The third kappa shape index (κ3) is 10.3. The smallest absolute Gasteiger partial charge is 0.303 e. The lowest BCUT2D eigenvalue weighted by Crippen LogP contribution is -2.15. The van der Waals surface area contributed by atoms with Crippen LogP contribution in [0, 0.1) is 11.3 Å². The minimum atomic E-state index is -0.720. The van der Waals surface area contributed by atoms with Crippen LogP contribution in [-0.2, 0) is 4.79 Å². The van der Waals surface area contributed by atoms with Crippen LogP contribution >= 0.6 is 0 Å². The number of aliphatic hydroxyl groups is 2. The van der Waals surface area contributed by atoms with Gasteiger partial charge >= 0.3 is 5.97 Å². The van der Waals surface area contributed by atoms with Crippen molar-refractivity contribution >= 4 is 5.97 Å². The second-order valence-electron chi connectivity index (χ2n) is 9.18. The first-order valence-corrected chi connectivity index (χ1v) is 10.5. The molecule has 4 nitrogen and oxygen atoms in total. The van der Waals surface area contributed by atoms with E-state index in [1.165, 1.54) is 5.57 Å². The van der Waals surface area contributed by atoms with Crippen LogP contribution < -0.4 is 0 Å². The van der Waals surface area contributed by atoms with Crippen LogP contribution in [0.25, 0.3) is 0 Å². The van der Waals surface area contributed by atoms with Gasteiger partial charge in [0.05, 0.1) is 12.2 Å². The maximum atomic E-state index is 10.5. The molecule has 4 heteroatoms. The van der Waals surface area contributed by atoms with Gasteiger partial charge in [-0.3, -0.25) is 4.79 Å².